The van der Waals surface area contributed by atoms with Crippen LogP contribution in [0.25, 0.3) is 0 Å². The van der Waals surface area contributed by atoms with Gasteiger partial charge >= 0.3 is 0 Å². The molecule has 0 aliphatic rings. The molecule has 2 N–H and O–H groups in total. The molecular weight excluding hydrogens is 280 g/mol. The van der Waals surface area contributed by atoms with E-state index >= 15 is 0 Å². The first-order valence-corrected chi connectivity index (χ1v) is 7.40. The average Bonchev–Trinajstić information content (AvgIpc) is 2.81. The van der Waals surface area contributed by atoms with Gasteiger partial charge in [-0.1, -0.05) is 48.5 Å². The molecular formula is C13H17ClN4S. The van der Waals surface area contributed by atoms with Crippen LogP contribution in [0.15, 0.2) is 35.7 Å². The summed E-state index contributed by atoms with van der Waals surface area (Å²) in [4.78, 5) is 4.24. The monoisotopic (exact) mass is 296 g/mol. The number of hydrogen-bond acceptors (Lipinski definition) is 4. The van der Waals surface area contributed by atoms with E-state index in [4.69, 9.17) is 17.3 Å². The Bertz CT molecular complexity index is 543. The summed E-state index contributed by atoms with van der Waals surface area (Å²) in [6.07, 6.45) is 2.42. The third-order valence-electron chi connectivity index (χ3n) is 2.97. The van der Waals surface area contributed by atoms with E-state index in [9.17, 15) is 0 Å². The van der Waals surface area contributed by atoms with Crippen molar-refractivity contribution in [1.29, 1.82) is 0 Å². The molecule has 19 heavy (non-hydrogen) atoms. The number of benzene rings is 1. The van der Waals surface area contributed by atoms with Crippen molar-refractivity contribution in [2.75, 3.05) is 0 Å². The van der Waals surface area contributed by atoms with Gasteiger partial charge in [-0.15, -0.1) is 0 Å². The van der Waals surface area contributed by atoms with Crippen molar-refractivity contribution in [3.05, 3.63) is 41.2 Å². The highest BCUT2D eigenvalue weighted by Gasteiger charge is 2.23. The summed E-state index contributed by atoms with van der Waals surface area (Å²) in [5.74, 6) is 0. The van der Waals surface area contributed by atoms with E-state index in [1.165, 1.54) is 0 Å². The Morgan fingerprint density at radius 3 is 2.74 bits per heavy atom. The maximum absolute atomic E-state index is 6.29. The second-order valence-corrected chi connectivity index (χ2v) is 5.81. The van der Waals surface area contributed by atoms with E-state index in [1.54, 1.807) is 22.8 Å². The van der Waals surface area contributed by atoms with Crippen molar-refractivity contribution in [2.45, 2.75) is 29.8 Å². The van der Waals surface area contributed by atoms with Crippen LogP contribution in [0.5, 0.6) is 0 Å². The first-order valence-electron chi connectivity index (χ1n) is 6.14. The van der Waals surface area contributed by atoms with Gasteiger partial charge < -0.3 is 5.73 Å². The Morgan fingerprint density at radius 2 is 2.16 bits per heavy atom. The van der Waals surface area contributed by atoms with E-state index in [-0.39, 0.29) is 11.3 Å². The highest BCUT2D eigenvalue weighted by molar-refractivity contribution is 7.99. The lowest BCUT2D eigenvalue weighted by Gasteiger charge is -2.23. The zero-order valence-corrected chi connectivity index (χ0v) is 12.5. The van der Waals surface area contributed by atoms with E-state index in [1.807, 2.05) is 31.3 Å². The van der Waals surface area contributed by atoms with Crippen LogP contribution in [0.3, 0.4) is 0 Å². The molecule has 0 saturated heterocycles. The van der Waals surface area contributed by atoms with Gasteiger partial charge in [0, 0.05) is 18.1 Å². The Labute approximate surface area is 122 Å². The number of halogens is 1. The Kier molecular flexibility index (Phi) is 4.85. The third kappa shape index (κ3) is 3.29. The predicted octanol–water partition coefficient (Wildman–Crippen LogP) is 3.04. The SMILES string of the molecule is CCC(N)C(Sc1ncnn1C)c1ccccc1Cl. The molecule has 1 aromatic carbocycles. The van der Waals surface area contributed by atoms with Crippen LogP contribution in [0, 0.1) is 0 Å². The van der Waals surface area contributed by atoms with Crippen LogP contribution >= 0.6 is 23.4 Å². The second-order valence-electron chi connectivity index (χ2n) is 4.30. The Balaban J connectivity index is 2.32. The standard InChI is InChI=1S/C13H17ClN4S/c1-3-11(15)12(9-6-4-5-7-10(9)14)19-13-16-8-17-18(13)2/h4-8,11-12H,3,15H2,1-2H3. The van der Waals surface area contributed by atoms with Crippen molar-refractivity contribution in [3.8, 4) is 0 Å². The van der Waals surface area contributed by atoms with Crippen LogP contribution in [0.4, 0.5) is 0 Å². The van der Waals surface area contributed by atoms with Gasteiger partial charge in [-0.3, -0.25) is 0 Å². The molecule has 0 saturated carbocycles. The molecule has 6 heteroatoms. The predicted molar refractivity (Wildman–Crippen MR) is 79.3 cm³/mol. The normalized spacial score (nSPS) is 14.3. The van der Waals surface area contributed by atoms with E-state index in [0.29, 0.717) is 0 Å². The first-order chi connectivity index (χ1) is 9.13. The van der Waals surface area contributed by atoms with E-state index in [0.717, 1.165) is 22.2 Å². The number of nitrogens with zero attached hydrogens (tertiary/aromatic N) is 3. The molecule has 2 unspecified atom stereocenters. The van der Waals surface area contributed by atoms with Crippen molar-refractivity contribution in [2.24, 2.45) is 12.8 Å². The molecule has 0 bridgehead atoms. The van der Waals surface area contributed by atoms with Crippen LogP contribution < -0.4 is 5.73 Å². The molecule has 2 aromatic rings. The molecule has 1 aromatic heterocycles. The van der Waals surface area contributed by atoms with E-state index in [2.05, 4.69) is 17.0 Å². The minimum absolute atomic E-state index is 0.0154. The minimum atomic E-state index is 0.0154. The molecule has 4 nitrogen and oxygen atoms in total. The highest BCUT2D eigenvalue weighted by Crippen LogP contribution is 2.39. The fourth-order valence-electron chi connectivity index (χ4n) is 1.81. The van der Waals surface area contributed by atoms with Gasteiger partial charge in [0.1, 0.15) is 6.33 Å². The molecule has 0 fully saturated rings. The zero-order chi connectivity index (χ0) is 13.8. The second kappa shape index (κ2) is 6.41. The Morgan fingerprint density at radius 1 is 1.42 bits per heavy atom. The lowest BCUT2D eigenvalue weighted by Crippen LogP contribution is -2.26. The fourth-order valence-corrected chi connectivity index (χ4v) is 3.36. The number of nitrogens with two attached hydrogens (primary N) is 1. The molecule has 2 atom stereocenters. The van der Waals surface area contributed by atoms with Gasteiger partial charge in [0.2, 0.25) is 0 Å². The number of aromatic nitrogens is 3. The maximum atomic E-state index is 6.29. The van der Waals surface area contributed by atoms with Crippen LogP contribution in [-0.4, -0.2) is 20.8 Å². The molecule has 0 amide bonds. The van der Waals surface area contributed by atoms with Gasteiger partial charge in [-0.25, -0.2) is 9.67 Å². The Hall–Kier alpha value is -1.04. The minimum Gasteiger partial charge on any atom is -0.326 e. The van der Waals surface area contributed by atoms with Gasteiger partial charge in [-0.2, -0.15) is 5.10 Å². The summed E-state index contributed by atoms with van der Waals surface area (Å²) in [6.45, 7) is 2.08. The highest BCUT2D eigenvalue weighted by atomic mass is 35.5. The molecule has 0 radical (unpaired) electrons. The van der Waals surface area contributed by atoms with Crippen molar-refractivity contribution < 1.29 is 0 Å². The number of thioether (sulfide) groups is 1. The number of aryl methyl sites for hydroxylation is 1. The smallest absolute Gasteiger partial charge is 0.186 e. The number of rotatable bonds is 5. The fraction of sp³-hybridized carbons (Fsp3) is 0.385. The molecule has 0 spiro atoms. The number of hydrogen-bond donors (Lipinski definition) is 1. The van der Waals surface area contributed by atoms with Gasteiger partial charge in [0.05, 0.1) is 5.25 Å². The molecule has 2 rings (SSSR count). The lowest BCUT2D eigenvalue weighted by molar-refractivity contribution is 0.625. The summed E-state index contributed by atoms with van der Waals surface area (Å²) in [5, 5.41) is 5.74. The van der Waals surface area contributed by atoms with Crippen LogP contribution in [-0.2, 0) is 7.05 Å². The molecule has 1 heterocycles. The molecule has 0 aliphatic carbocycles. The maximum Gasteiger partial charge on any atom is 0.186 e. The summed E-state index contributed by atoms with van der Waals surface area (Å²) >= 11 is 7.89. The lowest BCUT2D eigenvalue weighted by atomic mass is 10.0. The quantitative estimate of drug-likeness (QED) is 0.862. The van der Waals surface area contributed by atoms with Crippen molar-refractivity contribution in [1.82, 2.24) is 14.8 Å². The third-order valence-corrected chi connectivity index (χ3v) is 4.76. The largest absolute Gasteiger partial charge is 0.326 e. The van der Waals surface area contributed by atoms with Gasteiger partial charge in [0.25, 0.3) is 0 Å². The summed E-state index contributed by atoms with van der Waals surface area (Å²) in [6, 6.07) is 7.83. The average molecular weight is 297 g/mol. The molecule has 0 aliphatic heterocycles. The first kappa shape index (κ1) is 14.4. The van der Waals surface area contributed by atoms with Crippen molar-refractivity contribution in [3.63, 3.8) is 0 Å². The summed E-state index contributed by atoms with van der Waals surface area (Å²) in [5.41, 5.74) is 7.30. The zero-order valence-electron chi connectivity index (χ0n) is 11.0. The topological polar surface area (TPSA) is 56.7 Å². The van der Waals surface area contributed by atoms with Gasteiger partial charge in [-0.05, 0) is 18.1 Å². The van der Waals surface area contributed by atoms with Crippen LogP contribution in [0.2, 0.25) is 5.02 Å². The summed E-state index contributed by atoms with van der Waals surface area (Å²) < 4.78 is 1.75. The molecule has 102 valence electrons. The van der Waals surface area contributed by atoms with Gasteiger partial charge in [0.15, 0.2) is 5.16 Å². The van der Waals surface area contributed by atoms with E-state index < -0.39 is 0 Å². The van der Waals surface area contributed by atoms with Crippen LogP contribution in [0.1, 0.15) is 24.2 Å². The summed E-state index contributed by atoms with van der Waals surface area (Å²) in [7, 11) is 1.87. The van der Waals surface area contributed by atoms with Crippen molar-refractivity contribution >= 4 is 23.4 Å².